The molecule has 140 valence electrons. The molecule has 2 N–H and O–H groups in total. The van der Waals surface area contributed by atoms with E-state index in [1.165, 1.54) is 6.33 Å². The number of nitrogen functional groups attached to an aromatic ring is 1. The van der Waals surface area contributed by atoms with Crippen LogP contribution in [0.2, 0.25) is 0 Å². The summed E-state index contributed by atoms with van der Waals surface area (Å²) in [5.41, 5.74) is 6.89. The molecule has 10 heteroatoms. The fourth-order valence-corrected chi connectivity index (χ4v) is 3.25. The minimum Gasteiger partial charge on any atom is -0.473 e. The summed E-state index contributed by atoms with van der Waals surface area (Å²) in [4.78, 5) is 35.3. The molecular weight excluding hydrogens is 348 g/mol. The molecule has 1 unspecified atom stereocenters. The first kappa shape index (κ1) is 17.1. The van der Waals surface area contributed by atoms with Crippen molar-refractivity contribution in [2.75, 3.05) is 18.8 Å². The topological polar surface area (TPSA) is 125 Å². The monoisotopic (exact) mass is 368 g/mol. The average Bonchev–Trinajstić information content (AvgIpc) is 3.14. The van der Waals surface area contributed by atoms with E-state index in [4.69, 9.17) is 10.5 Å². The van der Waals surface area contributed by atoms with Crippen LogP contribution < -0.4 is 10.5 Å². The highest BCUT2D eigenvalue weighted by molar-refractivity contribution is 5.85. The largest absolute Gasteiger partial charge is 0.473 e. The van der Waals surface area contributed by atoms with Crippen molar-refractivity contribution in [1.82, 2.24) is 34.4 Å². The van der Waals surface area contributed by atoms with Crippen LogP contribution in [0.25, 0.3) is 11.2 Å². The number of carbonyl (C=O) groups is 1. The number of imidazole rings is 1. The Bertz CT molecular complexity index is 937. The lowest BCUT2D eigenvalue weighted by atomic mass is 10.1. The van der Waals surface area contributed by atoms with Gasteiger partial charge in [0.25, 0.3) is 0 Å². The molecule has 0 bridgehead atoms. The number of rotatable bonds is 4. The molecule has 1 atom stereocenters. The fourth-order valence-electron chi connectivity index (χ4n) is 3.25. The summed E-state index contributed by atoms with van der Waals surface area (Å²) in [6.07, 6.45) is 9.28. The minimum absolute atomic E-state index is 0.0180. The number of likely N-dealkylation sites (tertiary alicyclic amines) is 1. The molecule has 1 fully saturated rings. The minimum atomic E-state index is -0.429. The highest BCUT2D eigenvalue weighted by Crippen LogP contribution is 2.22. The molecule has 27 heavy (non-hydrogen) atoms. The zero-order valence-corrected chi connectivity index (χ0v) is 14.9. The molecule has 1 aliphatic heterocycles. The van der Waals surface area contributed by atoms with E-state index in [1.807, 2.05) is 11.8 Å². The van der Waals surface area contributed by atoms with Gasteiger partial charge in [0.1, 0.15) is 24.0 Å². The van der Waals surface area contributed by atoms with Gasteiger partial charge >= 0.3 is 0 Å². The summed E-state index contributed by atoms with van der Waals surface area (Å²) in [6, 6.07) is -0.429. The molecule has 0 aliphatic carbocycles. The third-order valence-electron chi connectivity index (χ3n) is 4.74. The highest BCUT2D eigenvalue weighted by Gasteiger charge is 2.29. The van der Waals surface area contributed by atoms with Crippen molar-refractivity contribution in [3.8, 4) is 5.88 Å². The number of hydrogen-bond donors (Lipinski definition) is 1. The number of nitrogens with zero attached hydrogens (tertiary/aromatic N) is 7. The summed E-state index contributed by atoms with van der Waals surface area (Å²) in [5, 5.41) is 0. The molecule has 1 aliphatic rings. The first-order valence-corrected chi connectivity index (χ1v) is 8.78. The first-order valence-electron chi connectivity index (χ1n) is 8.78. The smallest absolute Gasteiger partial charge is 0.245 e. The van der Waals surface area contributed by atoms with Crippen molar-refractivity contribution in [1.29, 1.82) is 0 Å². The van der Waals surface area contributed by atoms with E-state index < -0.39 is 6.04 Å². The average molecular weight is 368 g/mol. The van der Waals surface area contributed by atoms with Crippen LogP contribution in [0.5, 0.6) is 5.88 Å². The molecule has 3 aromatic heterocycles. The van der Waals surface area contributed by atoms with Gasteiger partial charge in [-0.05, 0) is 6.92 Å². The lowest BCUT2D eigenvalue weighted by Gasteiger charge is -2.33. The van der Waals surface area contributed by atoms with Gasteiger partial charge in [-0.15, -0.1) is 0 Å². The van der Waals surface area contributed by atoms with E-state index in [0.29, 0.717) is 36.0 Å². The molecule has 0 radical (unpaired) electrons. The molecule has 1 amide bonds. The fraction of sp³-hybridized carbons (Fsp3) is 0.412. The van der Waals surface area contributed by atoms with Gasteiger partial charge < -0.3 is 19.9 Å². The number of anilines is 1. The Kier molecular flexibility index (Phi) is 4.53. The van der Waals surface area contributed by atoms with Crippen molar-refractivity contribution in [2.45, 2.75) is 31.9 Å². The van der Waals surface area contributed by atoms with Gasteiger partial charge in [-0.25, -0.2) is 19.9 Å². The molecule has 10 nitrogen and oxygen atoms in total. The first-order chi connectivity index (χ1) is 13.1. The van der Waals surface area contributed by atoms with Gasteiger partial charge in [0.2, 0.25) is 11.8 Å². The predicted octanol–water partition coefficient (Wildman–Crippen LogP) is 0.829. The zero-order chi connectivity index (χ0) is 18.8. The number of aromatic nitrogens is 6. The molecule has 3 aromatic rings. The number of hydrogen-bond acceptors (Lipinski definition) is 8. The third kappa shape index (κ3) is 3.37. The van der Waals surface area contributed by atoms with Crippen LogP contribution in [0.15, 0.2) is 31.2 Å². The second-order valence-corrected chi connectivity index (χ2v) is 6.45. The molecular formula is C17H20N8O2. The number of piperidine rings is 1. The second kappa shape index (κ2) is 7.14. The van der Waals surface area contributed by atoms with Crippen LogP contribution in [-0.2, 0) is 4.79 Å². The molecule has 0 aromatic carbocycles. The predicted molar refractivity (Wildman–Crippen MR) is 96.7 cm³/mol. The van der Waals surface area contributed by atoms with Crippen molar-refractivity contribution in [3.05, 3.63) is 31.2 Å². The van der Waals surface area contributed by atoms with Gasteiger partial charge in [0.05, 0.1) is 12.5 Å². The number of nitrogens with two attached hydrogens (primary N) is 1. The van der Waals surface area contributed by atoms with E-state index in [1.54, 1.807) is 29.5 Å². The van der Waals surface area contributed by atoms with Crippen LogP contribution >= 0.6 is 0 Å². The Morgan fingerprint density at radius 1 is 1.22 bits per heavy atom. The lowest BCUT2D eigenvalue weighted by molar-refractivity contribution is -0.136. The van der Waals surface area contributed by atoms with Crippen molar-refractivity contribution < 1.29 is 9.53 Å². The van der Waals surface area contributed by atoms with Gasteiger partial charge in [-0.1, -0.05) is 0 Å². The maximum Gasteiger partial charge on any atom is 0.245 e. The molecule has 4 rings (SSSR count). The Hall–Kier alpha value is -3.30. The Morgan fingerprint density at radius 3 is 2.78 bits per heavy atom. The molecule has 1 saturated heterocycles. The Balaban J connectivity index is 1.40. The number of amides is 1. The van der Waals surface area contributed by atoms with Gasteiger partial charge in [0.15, 0.2) is 11.5 Å². The summed E-state index contributed by atoms with van der Waals surface area (Å²) in [5.74, 6) is 0.836. The number of ether oxygens (including phenoxy) is 1. The maximum absolute atomic E-state index is 12.9. The van der Waals surface area contributed by atoms with Crippen molar-refractivity contribution in [2.24, 2.45) is 0 Å². The quantitative estimate of drug-likeness (QED) is 0.718. The SMILES string of the molecule is CC(C(=O)N1CCC(Oc2cnccn2)CC1)n1cnc2c(N)ncnc21. The number of fused-ring (bicyclic) bond motifs is 1. The second-order valence-electron chi connectivity index (χ2n) is 6.45. The van der Waals surface area contributed by atoms with Crippen LogP contribution in [0, 0.1) is 0 Å². The van der Waals surface area contributed by atoms with E-state index in [0.717, 1.165) is 12.8 Å². The standard InChI is InChI=1S/C17H20N8O2/c1-11(25-10-23-14-15(18)21-9-22-16(14)25)17(26)24-6-2-12(3-7-24)27-13-8-19-4-5-20-13/h4-5,8-12H,2-3,6-7H2,1H3,(H2,18,21,22). The van der Waals surface area contributed by atoms with Crippen molar-refractivity contribution in [3.63, 3.8) is 0 Å². The summed E-state index contributed by atoms with van der Waals surface area (Å²) < 4.78 is 7.56. The number of carbonyl (C=O) groups excluding carboxylic acids is 1. The third-order valence-corrected chi connectivity index (χ3v) is 4.74. The zero-order valence-electron chi connectivity index (χ0n) is 14.9. The molecule has 4 heterocycles. The summed E-state index contributed by atoms with van der Waals surface area (Å²) in [6.45, 7) is 3.08. The Morgan fingerprint density at radius 2 is 2.04 bits per heavy atom. The van der Waals surface area contributed by atoms with Crippen LogP contribution in [0.1, 0.15) is 25.8 Å². The van der Waals surface area contributed by atoms with Crippen molar-refractivity contribution >= 4 is 22.9 Å². The molecule has 0 saturated carbocycles. The Labute approximate surface area is 155 Å². The van der Waals surface area contributed by atoms with E-state index >= 15 is 0 Å². The van der Waals surface area contributed by atoms with Gasteiger partial charge in [-0.3, -0.25) is 9.78 Å². The van der Waals surface area contributed by atoms with Crippen LogP contribution in [-0.4, -0.2) is 59.5 Å². The molecule has 0 spiro atoms. The van der Waals surface area contributed by atoms with E-state index in [9.17, 15) is 4.79 Å². The van der Waals surface area contributed by atoms with E-state index in [-0.39, 0.29) is 12.0 Å². The van der Waals surface area contributed by atoms with Gasteiger partial charge in [-0.2, -0.15) is 0 Å². The lowest BCUT2D eigenvalue weighted by Crippen LogP contribution is -2.44. The van der Waals surface area contributed by atoms with Crippen LogP contribution in [0.4, 0.5) is 5.82 Å². The van der Waals surface area contributed by atoms with Gasteiger partial charge in [0, 0.05) is 38.3 Å². The maximum atomic E-state index is 12.9. The van der Waals surface area contributed by atoms with Crippen LogP contribution in [0.3, 0.4) is 0 Å². The van der Waals surface area contributed by atoms with E-state index in [2.05, 4.69) is 24.9 Å². The highest BCUT2D eigenvalue weighted by atomic mass is 16.5. The summed E-state index contributed by atoms with van der Waals surface area (Å²) >= 11 is 0. The normalized spacial score (nSPS) is 16.4. The summed E-state index contributed by atoms with van der Waals surface area (Å²) in [7, 11) is 0.